The van der Waals surface area contributed by atoms with Gasteiger partial charge in [0.05, 0.1) is 21.2 Å². The topological polar surface area (TPSA) is 92.7 Å². The number of nitrogens with zero attached hydrogens (tertiary/aromatic N) is 4. The molecule has 1 aromatic carbocycles. The van der Waals surface area contributed by atoms with Crippen molar-refractivity contribution in [1.29, 1.82) is 5.26 Å². The predicted molar refractivity (Wildman–Crippen MR) is 78.0 cm³/mol. The number of nitro groups is 1. The van der Waals surface area contributed by atoms with Crippen LogP contribution in [-0.2, 0) is 0 Å². The highest BCUT2D eigenvalue weighted by Gasteiger charge is 2.27. The maximum atomic E-state index is 11.1. The summed E-state index contributed by atoms with van der Waals surface area (Å²) in [6.45, 7) is 0. The first-order chi connectivity index (χ1) is 10.2. The van der Waals surface area contributed by atoms with E-state index in [0.717, 1.165) is 10.2 Å². The van der Waals surface area contributed by atoms with E-state index in [0.29, 0.717) is 5.01 Å². The zero-order chi connectivity index (χ0) is 14.8. The Bertz CT molecular complexity index is 836. The van der Waals surface area contributed by atoms with E-state index in [2.05, 4.69) is 16.0 Å². The Hall–Kier alpha value is -2.85. The van der Waals surface area contributed by atoms with Gasteiger partial charge in [-0.2, -0.15) is 5.26 Å². The van der Waals surface area contributed by atoms with E-state index in [1.54, 1.807) is 0 Å². The molecule has 0 unspecified atom stereocenters. The van der Waals surface area contributed by atoms with Crippen molar-refractivity contribution in [2.24, 2.45) is 0 Å². The maximum absolute atomic E-state index is 11.1. The Kier molecular flexibility index (Phi) is 3.30. The zero-order valence-electron chi connectivity index (χ0n) is 10.6. The van der Waals surface area contributed by atoms with Gasteiger partial charge in [-0.25, -0.2) is 4.98 Å². The highest BCUT2D eigenvalue weighted by Crippen LogP contribution is 2.34. The van der Waals surface area contributed by atoms with E-state index in [1.165, 1.54) is 29.7 Å². The van der Waals surface area contributed by atoms with Crippen LogP contribution in [0.2, 0.25) is 0 Å². The van der Waals surface area contributed by atoms with Gasteiger partial charge < -0.3 is 0 Å². The smallest absolute Gasteiger partial charge is 0.258 e. The number of benzene rings is 1. The van der Waals surface area contributed by atoms with Crippen LogP contribution in [-0.4, -0.2) is 14.9 Å². The fourth-order valence-electron chi connectivity index (χ4n) is 2.03. The van der Waals surface area contributed by atoms with Crippen LogP contribution < -0.4 is 0 Å². The molecule has 0 radical (unpaired) electrons. The number of para-hydroxylation sites is 1. The van der Waals surface area contributed by atoms with Crippen LogP contribution in [0, 0.1) is 21.4 Å². The minimum Gasteiger partial charge on any atom is -0.258 e. The molecule has 21 heavy (non-hydrogen) atoms. The van der Waals surface area contributed by atoms with E-state index in [9.17, 15) is 15.4 Å². The Labute approximate surface area is 123 Å². The summed E-state index contributed by atoms with van der Waals surface area (Å²) in [5.74, 6) is -0.844. The third-order valence-corrected chi connectivity index (χ3v) is 4.07. The average Bonchev–Trinajstić information content (AvgIpc) is 2.92. The fraction of sp³-hybridized carbons (Fsp3) is 0.0714. The molecule has 0 bridgehead atoms. The molecule has 0 N–H and O–H groups in total. The zero-order valence-corrected chi connectivity index (χ0v) is 11.4. The molecule has 0 fully saturated rings. The van der Waals surface area contributed by atoms with Gasteiger partial charge in [0.1, 0.15) is 16.6 Å². The molecule has 0 aliphatic heterocycles. The fourth-order valence-corrected chi connectivity index (χ4v) is 3.05. The molecule has 0 saturated carbocycles. The second kappa shape index (κ2) is 5.26. The second-order valence-corrected chi connectivity index (χ2v) is 5.31. The van der Waals surface area contributed by atoms with E-state index >= 15 is 0 Å². The Morgan fingerprint density at radius 3 is 2.81 bits per heavy atom. The van der Waals surface area contributed by atoms with E-state index in [-0.39, 0.29) is 11.4 Å². The Balaban J connectivity index is 2.15. The number of aromatic nitrogens is 2. The number of nitriles is 1. The van der Waals surface area contributed by atoms with Gasteiger partial charge in [-0.3, -0.25) is 15.1 Å². The normalized spacial score (nSPS) is 12.0. The van der Waals surface area contributed by atoms with Gasteiger partial charge >= 0.3 is 0 Å². The highest BCUT2D eigenvalue weighted by molar-refractivity contribution is 7.18. The molecule has 0 aliphatic carbocycles. The summed E-state index contributed by atoms with van der Waals surface area (Å²) in [7, 11) is 0. The summed E-state index contributed by atoms with van der Waals surface area (Å²) in [6.07, 6.45) is 1.44. The second-order valence-electron chi connectivity index (χ2n) is 4.25. The first-order valence-electron chi connectivity index (χ1n) is 6.05. The van der Waals surface area contributed by atoms with Gasteiger partial charge in [-0.15, -0.1) is 11.3 Å². The minimum atomic E-state index is -0.844. The third kappa shape index (κ3) is 2.32. The van der Waals surface area contributed by atoms with Crippen LogP contribution >= 0.6 is 11.3 Å². The van der Waals surface area contributed by atoms with Crippen LogP contribution in [0.3, 0.4) is 0 Å². The number of thiazole rings is 1. The molecular formula is C14H8N4O2S. The van der Waals surface area contributed by atoms with Crippen molar-refractivity contribution < 1.29 is 4.92 Å². The molecule has 0 aliphatic rings. The molecule has 1 atom stereocenters. The first kappa shape index (κ1) is 13.1. The average molecular weight is 296 g/mol. The summed E-state index contributed by atoms with van der Waals surface area (Å²) >= 11 is 1.35. The largest absolute Gasteiger partial charge is 0.292 e. The molecule has 0 spiro atoms. The van der Waals surface area contributed by atoms with Gasteiger partial charge in [0.15, 0.2) is 0 Å². The van der Waals surface area contributed by atoms with Crippen LogP contribution in [0.15, 0.2) is 42.6 Å². The van der Waals surface area contributed by atoms with Crippen molar-refractivity contribution >= 4 is 27.2 Å². The highest BCUT2D eigenvalue weighted by atomic mass is 32.1. The number of fused-ring (bicyclic) bond motifs is 1. The van der Waals surface area contributed by atoms with Gasteiger partial charge in [-0.1, -0.05) is 12.1 Å². The first-order valence-corrected chi connectivity index (χ1v) is 6.86. The van der Waals surface area contributed by atoms with Gasteiger partial charge in [0.25, 0.3) is 5.69 Å². The molecule has 0 amide bonds. The number of hydrogen-bond donors (Lipinski definition) is 0. The number of hydrogen-bond acceptors (Lipinski definition) is 6. The monoisotopic (exact) mass is 296 g/mol. The summed E-state index contributed by atoms with van der Waals surface area (Å²) in [5.41, 5.74) is 0.740. The number of rotatable bonds is 3. The molecule has 3 aromatic rings. The Morgan fingerprint density at radius 1 is 1.29 bits per heavy atom. The summed E-state index contributed by atoms with van der Waals surface area (Å²) in [4.78, 5) is 19.0. The van der Waals surface area contributed by atoms with E-state index < -0.39 is 10.8 Å². The summed E-state index contributed by atoms with van der Waals surface area (Å²) in [5, 5.41) is 21.0. The van der Waals surface area contributed by atoms with Crippen LogP contribution in [0.25, 0.3) is 10.2 Å². The van der Waals surface area contributed by atoms with E-state index in [4.69, 9.17) is 0 Å². The molecule has 2 heterocycles. The molecule has 0 saturated heterocycles. The number of pyridine rings is 1. The lowest BCUT2D eigenvalue weighted by atomic mass is 10.1. The SMILES string of the molecule is N#C[C@H](c1nc2ccccc2s1)c1ncccc1[N+](=O)[O-]. The molecule has 7 heteroatoms. The van der Waals surface area contributed by atoms with Crippen molar-refractivity contribution in [3.05, 3.63) is 63.4 Å². The maximum Gasteiger partial charge on any atom is 0.292 e. The third-order valence-electron chi connectivity index (χ3n) is 2.97. The van der Waals surface area contributed by atoms with Crippen LogP contribution in [0.1, 0.15) is 16.6 Å². The van der Waals surface area contributed by atoms with Crippen molar-refractivity contribution in [2.75, 3.05) is 0 Å². The lowest BCUT2D eigenvalue weighted by Crippen LogP contribution is -2.05. The molecule has 6 nitrogen and oxygen atoms in total. The minimum absolute atomic E-state index is 0.129. The van der Waals surface area contributed by atoms with Crippen molar-refractivity contribution in [1.82, 2.24) is 9.97 Å². The van der Waals surface area contributed by atoms with Crippen molar-refractivity contribution in [2.45, 2.75) is 5.92 Å². The summed E-state index contributed by atoms with van der Waals surface area (Å²) < 4.78 is 0.936. The van der Waals surface area contributed by atoms with Gasteiger partial charge in [-0.05, 0) is 18.2 Å². The molecular weight excluding hydrogens is 288 g/mol. The van der Waals surface area contributed by atoms with Gasteiger partial charge in [0, 0.05) is 12.3 Å². The van der Waals surface area contributed by atoms with E-state index in [1.807, 2.05) is 24.3 Å². The molecule has 3 rings (SSSR count). The molecule has 102 valence electrons. The lowest BCUT2D eigenvalue weighted by molar-refractivity contribution is -0.386. The Morgan fingerprint density at radius 2 is 2.10 bits per heavy atom. The van der Waals surface area contributed by atoms with Gasteiger partial charge in [0.2, 0.25) is 0 Å². The molecule has 2 aromatic heterocycles. The lowest BCUT2D eigenvalue weighted by Gasteiger charge is -2.05. The predicted octanol–water partition coefficient (Wildman–Crippen LogP) is 3.25. The van der Waals surface area contributed by atoms with Crippen molar-refractivity contribution in [3.8, 4) is 6.07 Å². The van der Waals surface area contributed by atoms with Crippen molar-refractivity contribution in [3.63, 3.8) is 0 Å². The van der Waals surface area contributed by atoms with Crippen LogP contribution in [0.5, 0.6) is 0 Å². The van der Waals surface area contributed by atoms with Crippen LogP contribution in [0.4, 0.5) is 5.69 Å². The summed E-state index contributed by atoms with van der Waals surface area (Å²) in [6, 6.07) is 12.4. The standard InChI is InChI=1S/C14H8N4O2S/c15-8-9(13-11(18(19)20)5-3-7-16-13)14-17-10-4-1-2-6-12(10)21-14/h1-7,9H/t9-/m0/s1. The quantitative estimate of drug-likeness (QED) is 0.546.